The maximum atomic E-state index is 2.84. The van der Waals surface area contributed by atoms with Crippen molar-refractivity contribution in [1.82, 2.24) is 0 Å². The molecule has 2 aliphatic carbocycles. The minimum Gasteiger partial charge on any atom is -0.334 e. The quantitative estimate of drug-likeness (QED) is 0.147. The predicted molar refractivity (Wildman–Crippen MR) is 364 cm³/mol. The first-order chi connectivity index (χ1) is 40.9. The van der Waals surface area contributed by atoms with Gasteiger partial charge in [-0.2, -0.15) is 0 Å². The van der Waals surface area contributed by atoms with E-state index in [2.05, 4.69) is 302 Å². The van der Waals surface area contributed by atoms with Crippen molar-refractivity contribution in [1.29, 1.82) is 0 Å². The summed E-state index contributed by atoms with van der Waals surface area (Å²) in [6.45, 7) is 24.4. The summed E-state index contributed by atoms with van der Waals surface area (Å²) < 4.78 is 0. The third-order valence-electron chi connectivity index (χ3n) is 21.4. The number of aryl methyl sites for hydroxylation is 1. The normalized spacial score (nSPS) is 19.6. The molecule has 4 heteroatoms. The zero-order valence-electron chi connectivity index (χ0n) is 51.4. The lowest BCUT2D eigenvalue weighted by Gasteiger charge is -2.51. The molecular formula is C81H78BN3. The van der Waals surface area contributed by atoms with E-state index in [1.807, 2.05) is 0 Å². The van der Waals surface area contributed by atoms with Gasteiger partial charge in [0.15, 0.2) is 0 Å². The van der Waals surface area contributed by atoms with Crippen LogP contribution in [0.3, 0.4) is 0 Å². The van der Waals surface area contributed by atoms with Crippen molar-refractivity contribution in [2.45, 2.75) is 135 Å². The minimum atomic E-state index is -0.215. The number of hydrogen-bond acceptors (Lipinski definition) is 3. The molecule has 1 fully saturated rings. The third-order valence-corrected chi connectivity index (χ3v) is 21.4. The van der Waals surface area contributed by atoms with E-state index in [1.54, 1.807) is 0 Å². The fraction of sp³-hybridized carbons (Fsp3) is 0.259. The Morgan fingerprint density at radius 1 is 0.376 bits per heavy atom. The average Bonchev–Trinajstić information content (AvgIpc) is 1.68. The Balaban J connectivity index is 1.08. The van der Waals surface area contributed by atoms with Crippen LogP contribution >= 0.6 is 0 Å². The molecule has 2 unspecified atom stereocenters. The number of hydrogen-bond donors (Lipinski definition) is 0. The van der Waals surface area contributed by atoms with Crippen molar-refractivity contribution in [3.05, 3.63) is 246 Å². The second-order valence-electron chi connectivity index (χ2n) is 28.3. The van der Waals surface area contributed by atoms with E-state index >= 15 is 0 Å². The summed E-state index contributed by atoms with van der Waals surface area (Å²) in [5, 5.41) is 0. The number of rotatable bonds is 7. The number of fused-ring (bicyclic) bond motifs is 8. The molecule has 0 amide bonds. The van der Waals surface area contributed by atoms with E-state index in [1.165, 1.54) is 141 Å². The Morgan fingerprint density at radius 3 is 1.59 bits per heavy atom. The second kappa shape index (κ2) is 19.3. The van der Waals surface area contributed by atoms with Crippen molar-refractivity contribution in [3.63, 3.8) is 0 Å². The van der Waals surface area contributed by atoms with E-state index in [0.29, 0.717) is 0 Å². The molecule has 85 heavy (non-hydrogen) atoms. The van der Waals surface area contributed by atoms with Gasteiger partial charge in [0, 0.05) is 50.8 Å². The summed E-state index contributed by atoms with van der Waals surface area (Å²) in [5.74, 6) is 0. The van der Waals surface area contributed by atoms with Crippen LogP contribution in [0.5, 0.6) is 0 Å². The molecule has 3 nitrogen and oxygen atoms in total. The molecule has 0 N–H and O–H groups in total. The maximum absolute atomic E-state index is 2.84. The number of nitrogens with zero attached hydrogens (tertiary/aromatic N) is 3. The lowest BCUT2D eigenvalue weighted by atomic mass is 9.33. The van der Waals surface area contributed by atoms with Gasteiger partial charge < -0.3 is 14.7 Å². The molecule has 3 heterocycles. The molecule has 5 aliphatic rings. The Hall–Kier alpha value is -8.34. The van der Waals surface area contributed by atoms with Crippen LogP contribution in [0, 0.1) is 6.92 Å². The van der Waals surface area contributed by atoms with E-state index in [9.17, 15) is 0 Å². The Morgan fingerprint density at radius 2 is 0.918 bits per heavy atom. The molecule has 0 spiro atoms. The van der Waals surface area contributed by atoms with Gasteiger partial charge in [-0.1, -0.05) is 226 Å². The third kappa shape index (κ3) is 8.28. The van der Waals surface area contributed by atoms with Gasteiger partial charge in [0.25, 0.3) is 6.71 Å². The van der Waals surface area contributed by atoms with Crippen LogP contribution in [0.2, 0.25) is 0 Å². The summed E-state index contributed by atoms with van der Waals surface area (Å²) in [7, 11) is 0. The van der Waals surface area contributed by atoms with Crippen molar-refractivity contribution in [2.24, 2.45) is 0 Å². The van der Waals surface area contributed by atoms with Gasteiger partial charge in [0.2, 0.25) is 0 Å². The highest BCUT2D eigenvalue weighted by molar-refractivity contribution is 7.00. The van der Waals surface area contributed by atoms with Crippen LogP contribution in [0.1, 0.15) is 129 Å². The highest BCUT2D eigenvalue weighted by Gasteiger charge is 2.58. The highest BCUT2D eigenvalue weighted by atomic mass is 15.3. The number of anilines is 8. The van der Waals surface area contributed by atoms with Crippen LogP contribution in [0.25, 0.3) is 44.5 Å². The van der Waals surface area contributed by atoms with Crippen LogP contribution in [0.15, 0.2) is 218 Å². The second-order valence-corrected chi connectivity index (χ2v) is 28.3. The Bertz CT molecular complexity index is 4290. The van der Waals surface area contributed by atoms with Crippen molar-refractivity contribution in [2.75, 3.05) is 14.7 Å². The molecule has 0 radical (unpaired) electrons. The maximum Gasteiger partial charge on any atom is 0.252 e. The van der Waals surface area contributed by atoms with E-state index in [-0.39, 0.29) is 33.9 Å². The first-order valence-electron chi connectivity index (χ1n) is 31.4. The zero-order valence-corrected chi connectivity index (χ0v) is 51.4. The monoisotopic (exact) mass is 1100 g/mol. The Kier molecular flexibility index (Phi) is 12.2. The first kappa shape index (κ1) is 53.4. The average molecular weight is 1100 g/mol. The SMILES string of the molecule is Cc1ccccc1-c1ccc2c(c1)C1(C)CCCCC1(C)N2c1cc2c3c(c1)N(c1ccc(C(C)(C)C)cc1-c1ccccc1)c1cc4c(cc1B3c1cc(-c3ccccc3)ccc1N2c1ccc(-c2ccccc2)cc1)C(C)(C)CCC4(C)C. The van der Waals surface area contributed by atoms with Gasteiger partial charge in [-0.05, 0) is 200 Å². The number of benzene rings is 10. The van der Waals surface area contributed by atoms with Gasteiger partial charge in [0.05, 0.1) is 11.2 Å². The molecule has 0 bridgehead atoms. The molecule has 0 aromatic heterocycles. The topological polar surface area (TPSA) is 9.72 Å². The predicted octanol–water partition coefficient (Wildman–Crippen LogP) is 20.1. The molecule has 15 rings (SSSR count). The molecule has 2 atom stereocenters. The summed E-state index contributed by atoms with van der Waals surface area (Å²) in [6.07, 6.45) is 6.91. The molecule has 420 valence electrons. The fourth-order valence-electron chi connectivity index (χ4n) is 16.2. The van der Waals surface area contributed by atoms with Gasteiger partial charge in [0.1, 0.15) is 0 Å². The summed E-state index contributed by atoms with van der Waals surface area (Å²) in [4.78, 5) is 8.24. The summed E-state index contributed by atoms with van der Waals surface area (Å²) in [6, 6.07) is 84.4. The van der Waals surface area contributed by atoms with Crippen LogP contribution in [-0.4, -0.2) is 12.3 Å². The lowest BCUT2D eigenvalue weighted by molar-refractivity contribution is 0.195. The van der Waals surface area contributed by atoms with Crippen LogP contribution in [-0.2, 0) is 21.7 Å². The van der Waals surface area contributed by atoms with Crippen LogP contribution in [0.4, 0.5) is 45.5 Å². The van der Waals surface area contributed by atoms with Gasteiger partial charge in [-0.3, -0.25) is 0 Å². The van der Waals surface area contributed by atoms with Crippen molar-refractivity contribution in [3.8, 4) is 44.5 Å². The van der Waals surface area contributed by atoms with Crippen molar-refractivity contribution < 1.29 is 0 Å². The standard InChI is InChI=1S/C81H78BN3/c1-53-24-20-21-31-63(53)59-35-39-71-67(46-59)80(9)42-22-23-43-81(80,10)85(71)62-49-74-76-75(50-62)84(70-41-36-60(77(2,3)4)48-64(70)57-29-18-13-19-30-57)73-52-66-65(78(5,6)44-45-79(66,7)8)51-69(73)82(76)68-47-58(55-27-16-12-17-28-55)34-40-72(68)83(74)61-37-32-56(33-38-61)54-25-14-11-15-26-54/h11-21,24-41,46-52H,22-23,42-45H2,1-10H3. The molecule has 3 aliphatic heterocycles. The molecule has 0 saturated heterocycles. The first-order valence-corrected chi connectivity index (χ1v) is 31.4. The van der Waals surface area contributed by atoms with E-state index in [0.717, 1.165) is 31.4 Å². The smallest absolute Gasteiger partial charge is 0.252 e. The largest absolute Gasteiger partial charge is 0.334 e. The van der Waals surface area contributed by atoms with E-state index in [4.69, 9.17) is 0 Å². The van der Waals surface area contributed by atoms with Crippen molar-refractivity contribution >= 4 is 68.6 Å². The van der Waals surface area contributed by atoms with Gasteiger partial charge in [-0.25, -0.2) is 0 Å². The fourth-order valence-corrected chi connectivity index (χ4v) is 16.2. The zero-order chi connectivity index (χ0) is 58.4. The highest BCUT2D eigenvalue weighted by Crippen LogP contribution is 2.63. The van der Waals surface area contributed by atoms with Gasteiger partial charge in [-0.15, -0.1) is 0 Å². The Labute approximate surface area is 506 Å². The van der Waals surface area contributed by atoms with Crippen LogP contribution < -0.4 is 31.1 Å². The van der Waals surface area contributed by atoms with Gasteiger partial charge >= 0.3 is 0 Å². The molecule has 1 saturated carbocycles. The van der Waals surface area contributed by atoms with E-state index < -0.39 is 0 Å². The minimum absolute atomic E-state index is 0.0124. The summed E-state index contributed by atoms with van der Waals surface area (Å²) in [5.41, 5.74) is 30.5. The summed E-state index contributed by atoms with van der Waals surface area (Å²) >= 11 is 0. The lowest BCUT2D eigenvalue weighted by Crippen LogP contribution is -2.62. The molecule has 10 aromatic rings. The molecule has 10 aromatic carbocycles. The molecular weight excluding hydrogens is 1030 g/mol.